The Bertz CT molecular complexity index is 832. The first-order valence-electron chi connectivity index (χ1n) is 6.18. The van der Waals surface area contributed by atoms with Crippen LogP contribution in [0.3, 0.4) is 0 Å². The quantitative estimate of drug-likeness (QED) is 0.817. The Morgan fingerprint density at radius 1 is 1.25 bits per heavy atom. The number of nitrogens with zero attached hydrogens (tertiary/aromatic N) is 2. The van der Waals surface area contributed by atoms with Crippen molar-refractivity contribution in [2.45, 2.75) is 23.5 Å². The van der Waals surface area contributed by atoms with Crippen LogP contribution in [0.1, 0.15) is 12.4 Å². The summed E-state index contributed by atoms with van der Waals surface area (Å²) in [5.41, 5.74) is -6.23. The highest BCUT2D eigenvalue weighted by atomic mass is 32.2. The van der Waals surface area contributed by atoms with E-state index in [2.05, 4.69) is 10.3 Å². The number of hydrogen-bond acceptors (Lipinski definition) is 4. The van der Waals surface area contributed by atoms with Crippen LogP contribution in [0.25, 0.3) is 0 Å². The first-order valence-corrected chi connectivity index (χ1v) is 7.67. The molecule has 0 fully saturated rings. The van der Waals surface area contributed by atoms with Gasteiger partial charge in [-0.2, -0.15) is 22.0 Å². The normalized spacial score (nSPS) is 12.6. The molecule has 0 saturated carbocycles. The number of alkyl halides is 5. The van der Waals surface area contributed by atoms with Gasteiger partial charge in [-0.25, -0.2) is 17.8 Å². The summed E-state index contributed by atoms with van der Waals surface area (Å²) in [4.78, 5) is 2.24. The lowest BCUT2D eigenvalue weighted by Gasteiger charge is -2.14. The van der Waals surface area contributed by atoms with Gasteiger partial charge in [0.15, 0.2) is 0 Å². The molecule has 1 N–H and O–H groups in total. The van der Waals surface area contributed by atoms with Gasteiger partial charge in [-0.05, 0) is 18.2 Å². The van der Waals surface area contributed by atoms with Gasteiger partial charge < -0.3 is 5.32 Å². The molecular weight excluding hydrogens is 364 g/mol. The zero-order valence-electron chi connectivity index (χ0n) is 11.6. The highest BCUT2D eigenvalue weighted by Gasteiger charge is 2.48. The Hall–Kier alpha value is -2.24. The van der Waals surface area contributed by atoms with Crippen molar-refractivity contribution in [3.05, 3.63) is 42.2 Å². The Balaban J connectivity index is 2.37. The van der Waals surface area contributed by atoms with Gasteiger partial charge in [0.05, 0.1) is 12.2 Å². The number of halogens is 6. The summed E-state index contributed by atoms with van der Waals surface area (Å²) in [6.45, 7) is -3.43. The number of sulfone groups is 1. The second-order valence-corrected chi connectivity index (χ2v) is 6.38. The molecule has 1 aromatic carbocycles. The number of aromatic nitrogens is 2. The number of anilines is 1. The number of hydrogen-bond donors (Lipinski definition) is 1. The molecule has 0 saturated heterocycles. The van der Waals surface area contributed by atoms with Crippen molar-refractivity contribution < 1.29 is 34.8 Å². The molecule has 0 aliphatic heterocycles. The minimum Gasteiger partial charge on any atom is -0.377 e. The second-order valence-electron chi connectivity index (χ2n) is 4.47. The number of imidazole rings is 1. The highest BCUT2D eigenvalue weighted by molar-refractivity contribution is 7.92. The van der Waals surface area contributed by atoms with E-state index in [0.29, 0.717) is 4.57 Å². The molecule has 12 heteroatoms. The minimum absolute atomic E-state index is 0.199. The molecule has 0 bridgehead atoms. The SMILES string of the molecule is O=S(=O)(c1cc(F)ccc1NCc1nccn1C(F)F)C(F)(F)F. The fourth-order valence-corrected chi connectivity index (χ4v) is 2.77. The van der Waals surface area contributed by atoms with Crippen molar-refractivity contribution in [2.24, 2.45) is 0 Å². The van der Waals surface area contributed by atoms with Gasteiger partial charge in [0, 0.05) is 12.4 Å². The Kier molecular flexibility index (Phi) is 4.78. The third-order valence-electron chi connectivity index (χ3n) is 2.93. The fourth-order valence-electron chi connectivity index (χ4n) is 1.82. The molecule has 0 aliphatic rings. The topological polar surface area (TPSA) is 64.0 Å². The highest BCUT2D eigenvalue weighted by Crippen LogP contribution is 2.35. The second kappa shape index (κ2) is 6.34. The smallest absolute Gasteiger partial charge is 0.377 e. The van der Waals surface area contributed by atoms with Gasteiger partial charge in [0.1, 0.15) is 16.5 Å². The minimum atomic E-state index is -5.82. The molecule has 0 radical (unpaired) electrons. The maximum Gasteiger partial charge on any atom is 0.501 e. The molecular formula is C12H9F6N3O2S. The van der Waals surface area contributed by atoms with Crippen molar-refractivity contribution in [3.63, 3.8) is 0 Å². The van der Waals surface area contributed by atoms with Crippen LogP contribution in [0.4, 0.5) is 32.0 Å². The van der Waals surface area contributed by atoms with Crippen molar-refractivity contribution in [3.8, 4) is 0 Å². The van der Waals surface area contributed by atoms with Crippen LogP contribution >= 0.6 is 0 Å². The van der Waals surface area contributed by atoms with E-state index in [1.165, 1.54) is 0 Å². The summed E-state index contributed by atoms with van der Waals surface area (Å²) in [7, 11) is -5.82. The van der Waals surface area contributed by atoms with Gasteiger partial charge in [0.25, 0.3) is 9.84 Å². The van der Waals surface area contributed by atoms with E-state index in [1.807, 2.05) is 0 Å². The first kappa shape index (κ1) is 18.1. The zero-order valence-corrected chi connectivity index (χ0v) is 12.4. The van der Waals surface area contributed by atoms with Crippen LogP contribution in [0, 0.1) is 5.82 Å². The third-order valence-corrected chi connectivity index (χ3v) is 4.46. The summed E-state index contributed by atoms with van der Waals surface area (Å²) in [6, 6.07) is 1.70. The molecule has 1 aromatic heterocycles. The zero-order chi connectivity index (χ0) is 18.1. The van der Waals surface area contributed by atoms with E-state index in [1.54, 1.807) is 0 Å². The van der Waals surface area contributed by atoms with Crippen LogP contribution in [-0.4, -0.2) is 23.5 Å². The van der Waals surface area contributed by atoms with E-state index in [4.69, 9.17) is 0 Å². The molecule has 5 nitrogen and oxygen atoms in total. The van der Waals surface area contributed by atoms with Crippen LogP contribution in [-0.2, 0) is 16.4 Å². The lowest BCUT2D eigenvalue weighted by Crippen LogP contribution is -2.24. The molecule has 0 unspecified atom stereocenters. The monoisotopic (exact) mass is 373 g/mol. The van der Waals surface area contributed by atoms with Crippen molar-refractivity contribution >= 4 is 15.5 Å². The molecule has 1 heterocycles. The Morgan fingerprint density at radius 2 is 1.92 bits per heavy atom. The summed E-state index contributed by atoms with van der Waals surface area (Å²) in [6.07, 6.45) is 1.99. The molecule has 132 valence electrons. The van der Waals surface area contributed by atoms with Gasteiger partial charge in [-0.1, -0.05) is 0 Å². The van der Waals surface area contributed by atoms with Crippen molar-refractivity contribution in [2.75, 3.05) is 5.32 Å². The molecule has 24 heavy (non-hydrogen) atoms. The van der Waals surface area contributed by atoms with Gasteiger partial charge in [-0.15, -0.1) is 0 Å². The van der Waals surface area contributed by atoms with Crippen LogP contribution < -0.4 is 5.32 Å². The maximum absolute atomic E-state index is 13.2. The van der Waals surface area contributed by atoms with Gasteiger partial charge >= 0.3 is 12.1 Å². The Labute approximate surface area is 131 Å². The number of rotatable bonds is 5. The molecule has 0 aliphatic carbocycles. The molecule has 0 atom stereocenters. The standard InChI is InChI=1S/C12H9F6N3O2S/c13-7-1-2-8(9(5-7)24(22,23)12(16,17)18)20-6-10-19-3-4-21(10)11(14)15/h1-5,11,20H,6H2. The summed E-state index contributed by atoms with van der Waals surface area (Å²) >= 11 is 0. The predicted molar refractivity (Wildman–Crippen MR) is 70.4 cm³/mol. The van der Waals surface area contributed by atoms with Gasteiger partial charge in [-0.3, -0.25) is 4.57 Å². The van der Waals surface area contributed by atoms with Crippen LogP contribution in [0.15, 0.2) is 35.5 Å². The largest absolute Gasteiger partial charge is 0.501 e. The fraction of sp³-hybridized carbons (Fsp3) is 0.250. The van der Waals surface area contributed by atoms with E-state index < -0.39 is 44.8 Å². The average Bonchev–Trinajstić information content (AvgIpc) is 2.93. The van der Waals surface area contributed by atoms with E-state index in [0.717, 1.165) is 24.5 Å². The molecule has 2 aromatic rings. The molecule has 0 amide bonds. The van der Waals surface area contributed by atoms with Gasteiger partial charge in [0.2, 0.25) is 0 Å². The number of benzene rings is 1. The Morgan fingerprint density at radius 3 is 2.50 bits per heavy atom. The van der Waals surface area contributed by atoms with Crippen molar-refractivity contribution in [1.29, 1.82) is 0 Å². The lowest BCUT2D eigenvalue weighted by atomic mass is 10.3. The summed E-state index contributed by atoms with van der Waals surface area (Å²) in [5.74, 6) is -1.44. The predicted octanol–water partition coefficient (Wildman–Crippen LogP) is 3.32. The summed E-state index contributed by atoms with van der Waals surface area (Å²) < 4.78 is 99.9. The van der Waals surface area contributed by atoms with Crippen LogP contribution in [0.2, 0.25) is 0 Å². The molecule has 0 spiro atoms. The third kappa shape index (κ3) is 3.47. The van der Waals surface area contributed by atoms with E-state index in [9.17, 15) is 34.8 Å². The first-order chi connectivity index (χ1) is 11.0. The lowest BCUT2D eigenvalue weighted by molar-refractivity contribution is -0.0435. The van der Waals surface area contributed by atoms with E-state index >= 15 is 0 Å². The van der Waals surface area contributed by atoms with Crippen LogP contribution in [0.5, 0.6) is 0 Å². The summed E-state index contributed by atoms with van der Waals surface area (Å²) in [5, 5.41) is 2.25. The average molecular weight is 373 g/mol. The van der Waals surface area contributed by atoms with E-state index in [-0.39, 0.29) is 11.9 Å². The maximum atomic E-state index is 13.2. The van der Waals surface area contributed by atoms with Crippen molar-refractivity contribution in [1.82, 2.24) is 9.55 Å². The molecule has 2 rings (SSSR count). The number of nitrogens with one attached hydrogen (secondary N) is 1.